The Kier molecular flexibility index (Phi) is 9.88. The van der Waals surface area contributed by atoms with Crippen LogP contribution in [0.15, 0.2) is 42.5 Å². The Morgan fingerprint density at radius 1 is 1.05 bits per heavy atom. The molecule has 2 amide bonds. The first-order valence-electron chi connectivity index (χ1n) is 11.8. The van der Waals surface area contributed by atoms with Crippen LogP contribution in [0.4, 0.5) is 18.9 Å². The molecule has 12 heteroatoms. The molecule has 0 saturated carbocycles. The predicted molar refractivity (Wildman–Crippen MR) is 142 cm³/mol. The Hall–Kier alpha value is -2.79. The van der Waals surface area contributed by atoms with Crippen molar-refractivity contribution in [3.63, 3.8) is 0 Å². The molecule has 0 radical (unpaired) electrons. The molecule has 7 nitrogen and oxygen atoms in total. The lowest BCUT2D eigenvalue weighted by molar-refractivity contribution is -0.141. The Bertz CT molecular complexity index is 1260. The number of carbonyl (C=O) groups excluding carboxylic acids is 2. The Balaban J connectivity index is 2.53. The van der Waals surface area contributed by atoms with E-state index in [0.717, 1.165) is 24.0 Å². The van der Waals surface area contributed by atoms with Gasteiger partial charge in [-0.3, -0.25) is 13.9 Å². The lowest BCUT2D eigenvalue weighted by atomic mass is 10.1. The van der Waals surface area contributed by atoms with E-state index in [1.165, 1.54) is 4.90 Å². The number of amides is 2. The highest BCUT2D eigenvalue weighted by Gasteiger charge is 2.36. The van der Waals surface area contributed by atoms with Crippen molar-refractivity contribution in [2.24, 2.45) is 0 Å². The summed E-state index contributed by atoms with van der Waals surface area (Å²) in [4.78, 5) is 28.1. The number of rotatable bonds is 9. The van der Waals surface area contributed by atoms with Crippen LogP contribution in [0.1, 0.15) is 50.8 Å². The van der Waals surface area contributed by atoms with Crippen molar-refractivity contribution in [2.45, 2.75) is 65.3 Å². The van der Waals surface area contributed by atoms with Crippen LogP contribution >= 0.6 is 11.6 Å². The van der Waals surface area contributed by atoms with Gasteiger partial charge in [0.1, 0.15) is 12.6 Å². The molecule has 0 aliphatic rings. The summed E-state index contributed by atoms with van der Waals surface area (Å²) in [5, 5.41) is 2.24. The maximum Gasteiger partial charge on any atom is 0.417 e. The van der Waals surface area contributed by atoms with Gasteiger partial charge >= 0.3 is 6.18 Å². The summed E-state index contributed by atoms with van der Waals surface area (Å²) in [5.74, 6) is -1.19. The van der Waals surface area contributed by atoms with Crippen molar-refractivity contribution >= 4 is 39.1 Å². The van der Waals surface area contributed by atoms with Gasteiger partial charge in [-0.25, -0.2) is 8.42 Å². The largest absolute Gasteiger partial charge is 0.417 e. The molecule has 0 saturated heterocycles. The molecule has 1 unspecified atom stereocenters. The van der Waals surface area contributed by atoms with Gasteiger partial charge in [-0.15, -0.1) is 0 Å². The first-order chi connectivity index (χ1) is 17.3. The van der Waals surface area contributed by atoms with E-state index < -0.39 is 56.7 Å². The molecule has 1 atom stereocenters. The van der Waals surface area contributed by atoms with Gasteiger partial charge in [0, 0.05) is 12.1 Å². The maximum atomic E-state index is 13.7. The number of carbonyl (C=O) groups is 2. The molecule has 0 heterocycles. The average Bonchev–Trinajstić information content (AvgIpc) is 2.76. The monoisotopic (exact) mass is 575 g/mol. The fourth-order valence-corrected chi connectivity index (χ4v) is 4.83. The quantitative estimate of drug-likeness (QED) is 0.448. The van der Waals surface area contributed by atoms with E-state index in [-0.39, 0.29) is 18.7 Å². The highest BCUT2D eigenvalue weighted by molar-refractivity contribution is 7.92. The van der Waals surface area contributed by atoms with E-state index in [1.807, 2.05) is 19.1 Å². The van der Waals surface area contributed by atoms with Crippen LogP contribution in [0.25, 0.3) is 0 Å². The minimum absolute atomic E-state index is 0.0127. The molecular weight excluding hydrogens is 543 g/mol. The number of nitrogens with zero attached hydrogens (tertiary/aromatic N) is 2. The van der Waals surface area contributed by atoms with E-state index in [0.29, 0.717) is 15.9 Å². The van der Waals surface area contributed by atoms with Crippen LogP contribution in [0.2, 0.25) is 5.02 Å². The highest BCUT2D eigenvalue weighted by atomic mass is 35.5. The van der Waals surface area contributed by atoms with Crippen LogP contribution in [0.3, 0.4) is 0 Å². The van der Waals surface area contributed by atoms with Crippen LogP contribution in [0.5, 0.6) is 0 Å². The highest BCUT2D eigenvalue weighted by Crippen LogP contribution is 2.37. The van der Waals surface area contributed by atoms with E-state index in [4.69, 9.17) is 11.6 Å². The van der Waals surface area contributed by atoms with Gasteiger partial charge in [0.2, 0.25) is 21.8 Å². The second kappa shape index (κ2) is 11.9. The summed E-state index contributed by atoms with van der Waals surface area (Å²) in [5.41, 5.74) is -0.525. The predicted octanol–water partition coefficient (Wildman–Crippen LogP) is 5.16. The SMILES string of the molecule is CCC(C(=O)NC(C)(C)C)N(Cc1ccc(C)cc1)C(=O)CN(c1ccc(Cl)c(C(F)(F)F)c1)S(C)(=O)=O. The standard InChI is InChI=1S/C26H33ClF3N3O4S/c1-7-22(24(35)31-25(3,4)5)32(15-18-10-8-17(2)9-11-18)23(34)16-33(38(6,36)37)19-12-13-21(27)20(14-19)26(28,29)30/h8-14,22H,7,15-16H2,1-6H3,(H,31,35). The van der Waals surface area contributed by atoms with Crippen molar-refractivity contribution in [2.75, 3.05) is 17.1 Å². The van der Waals surface area contributed by atoms with E-state index >= 15 is 0 Å². The molecule has 0 aliphatic heterocycles. The zero-order valence-electron chi connectivity index (χ0n) is 22.2. The van der Waals surface area contributed by atoms with Gasteiger partial charge in [-0.1, -0.05) is 48.4 Å². The van der Waals surface area contributed by atoms with Crippen LogP contribution in [0, 0.1) is 6.92 Å². The van der Waals surface area contributed by atoms with Gasteiger partial charge in [0.05, 0.1) is 22.5 Å². The van der Waals surface area contributed by atoms with E-state index in [2.05, 4.69) is 5.32 Å². The number of anilines is 1. The molecule has 0 aliphatic carbocycles. The van der Waals surface area contributed by atoms with Crippen molar-refractivity contribution in [1.82, 2.24) is 10.2 Å². The smallest absolute Gasteiger partial charge is 0.350 e. The van der Waals surface area contributed by atoms with Crippen LogP contribution < -0.4 is 9.62 Å². The number of hydrogen-bond acceptors (Lipinski definition) is 4. The third-order valence-corrected chi connectivity index (χ3v) is 7.05. The fraction of sp³-hybridized carbons (Fsp3) is 0.462. The maximum absolute atomic E-state index is 13.7. The second-order valence-corrected chi connectivity index (χ2v) is 12.4. The minimum atomic E-state index is -4.84. The summed E-state index contributed by atoms with van der Waals surface area (Å²) in [6, 6.07) is 8.90. The molecule has 0 fully saturated rings. The van der Waals surface area contributed by atoms with Crippen molar-refractivity contribution in [1.29, 1.82) is 0 Å². The van der Waals surface area contributed by atoms with Crippen molar-refractivity contribution in [3.8, 4) is 0 Å². The van der Waals surface area contributed by atoms with Crippen molar-refractivity contribution in [3.05, 3.63) is 64.2 Å². The molecule has 0 bridgehead atoms. The summed E-state index contributed by atoms with van der Waals surface area (Å²) < 4.78 is 66.3. The van der Waals surface area contributed by atoms with Crippen molar-refractivity contribution < 1.29 is 31.2 Å². The van der Waals surface area contributed by atoms with Gasteiger partial charge in [-0.05, 0) is 57.9 Å². The molecular formula is C26H33ClF3N3O4S. The summed E-state index contributed by atoms with van der Waals surface area (Å²) in [7, 11) is -4.21. The molecule has 2 rings (SSSR count). The average molecular weight is 576 g/mol. The molecule has 2 aromatic rings. The molecule has 210 valence electrons. The van der Waals surface area contributed by atoms with Gasteiger partial charge < -0.3 is 10.2 Å². The summed E-state index contributed by atoms with van der Waals surface area (Å²) >= 11 is 5.70. The Labute approximate surface area is 227 Å². The number of aryl methyl sites for hydroxylation is 1. The van der Waals surface area contributed by atoms with Gasteiger partial charge in [-0.2, -0.15) is 13.2 Å². The van der Waals surface area contributed by atoms with Gasteiger partial charge in [0.25, 0.3) is 0 Å². The lowest BCUT2D eigenvalue weighted by Crippen LogP contribution is -2.55. The third-order valence-electron chi connectivity index (χ3n) is 5.58. The number of hydrogen-bond donors (Lipinski definition) is 1. The summed E-state index contributed by atoms with van der Waals surface area (Å²) in [6.07, 6.45) is -3.83. The molecule has 0 spiro atoms. The van der Waals surface area contributed by atoms with Gasteiger partial charge in [0.15, 0.2) is 0 Å². The number of halogens is 4. The third kappa shape index (κ3) is 8.62. The van der Waals surface area contributed by atoms with E-state index in [9.17, 15) is 31.2 Å². The zero-order chi connectivity index (χ0) is 29.1. The number of alkyl halides is 3. The topological polar surface area (TPSA) is 86.8 Å². The van der Waals surface area contributed by atoms with Crippen LogP contribution in [-0.4, -0.2) is 49.5 Å². The molecule has 2 aromatic carbocycles. The first kappa shape index (κ1) is 31.4. The number of benzene rings is 2. The number of sulfonamides is 1. The molecule has 38 heavy (non-hydrogen) atoms. The molecule has 0 aromatic heterocycles. The van der Waals surface area contributed by atoms with Crippen LogP contribution in [-0.2, 0) is 32.3 Å². The second-order valence-electron chi connectivity index (χ2n) is 10.1. The zero-order valence-corrected chi connectivity index (χ0v) is 23.8. The first-order valence-corrected chi connectivity index (χ1v) is 14.1. The van der Waals surface area contributed by atoms with E-state index in [1.54, 1.807) is 39.8 Å². The summed E-state index contributed by atoms with van der Waals surface area (Å²) in [6.45, 7) is 8.13. The molecule has 1 N–H and O–H groups in total. The Morgan fingerprint density at radius 2 is 1.63 bits per heavy atom. The number of nitrogens with one attached hydrogen (secondary N) is 1. The minimum Gasteiger partial charge on any atom is -0.350 e. The Morgan fingerprint density at radius 3 is 2.11 bits per heavy atom. The lowest BCUT2D eigenvalue weighted by Gasteiger charge is -2.34. The normalized spacial score (nSPS) is 13.1. The fourth-order valence-electron chi connectivity index (χ4n) is 3.76.